The first-order chi connectivity index (χ1) is 13.2. The number of hydrogen-bond acceptors (Lipinski definition) is 5. The molecule has 1 aromatic heterocycles. The van der Waals surface area contributed by atoms with Gasteiger partial charge in [-0.1, -0.05) is 30.3 Å². The van der Waals surface area contributed by atoms with Crippen LogP contribution in [0.4, 0.5) is 0 Å². The summed E-state index contributed by atoms with van der Waals surface area (Å²) in [4.78, 5) is 30.6. The number of rotatable bonds is 5. The maximum Gasteiger partial charge on any atom is 0.254 e. The first-order valence-corrected chi connectivity index (χ1v) is 9.72. The van der Waals surface area contributed by atoms with Crippen molar-refractivity contribution >= 4 is 33.7 Å². The molecule has 1 aliphatic rings. The molecule has 2 aromatic carbocycles. The minimum Gasteiger partial charge on any atom is -0.379 e. The lowest BCUT2D eigenvalue weighted by atomic mass is 9.97. The highest BCUT2D eigenvalue weighted by molar-refractivity contribution is 7.18. The minimum atomic E-state index is -0.150. The SMILES string of the molecule is CN(C(=O)c1ccccc1C=O)C1COCC1Cc1nc2ccccc2s1. The van der Waals surface area contributed by atoms with E-state index in [1.54, 1.807) is 47.5 Å². The number of aldehydes is 1. The molecule has 0 N–H and O–H groups in total. The van der Waals surface area contributed by atoms with Crippen LogP contribution in [0.3, 0.4) is 0 Å². The van der Waals surface area contributed by atoms with E-state index in [-0.39, 0.29) is 17.9 Å². The summed E-state index contributed by atoms with van der Waals surface area (Å²) in [6, 6.07) is 15.0. The third-order valence-electron chi connectivity index (χ3n) is 5.08. The standard InChI is InChI=1S/C21H20N2O3S/c1-23(21(25)16-7-3-2-6-14(16)11-24)18-13-26-12-15(18)10-20-22-17-8-4-5-9-19(17)27-20/h2-9,11,15,18H,10,12-13H2,1H3. The van der Waals surface area contributed by atoms with Crippen molar-refractivity contribution in [3.63, 3.8) is 0 Å². The lowest BCUT2D eigenvalue weighted by Gasteiger charge is -2.28. The maximum absolute atomic E-state index is 12.9. The number of benzene rings is 2. The number of carbonyl (C=O) groups is 2. The number of hydrogen-bond donors (Lipinski definition) is 0. The molecule has 4 rings (SSSR count). The fourth-order valence-corrected chi connectivity index (χ4v) is 4.64. The van der Waals surface area contributed by atoms with Gasteiger partial charge < -0.3 is 9.64 Å². The Kier molecular flexibility index (Phi) is 5.01. The lowest BCUT2D eigenvalue weighted by molar-refractivity contribution is 0.0687. The Balaban J connectivity index is 1.53. The Labute approximate surface area is 161 Å². The molecule has 5 nitrogen and oxygen atoms in total. The van der Waals surface area contributed by atoms with E-state index in [9.17, 15) is 9.59 Å². The Morgan fingerprint density at radius 1 is 1.22 bits per heavy atom. The highest BCUT2D eigenvalue weighted by atomic mass is 32.1. The van der Waals surface area contributed by atoms with E-state index < -0.39 is 0 Å². The molecule has 2 atom stereocenters. The zero-order chi connectivity index (χ0) is 18.8. The second kappa shape index (κ2) is 7.58. The number of thiazole rings is 1. The van der Waals surface area contributed by atoms with Crippen LogP contribution < -0.4 is 0 Å². The topological polar surface area (TPSA) is 59.5 Å². The normalized spacial score (nSPS) is 19.3. The molecule has 0 spiro atoms. The zero-order valence-corrected chi connectivity index (χ0v) is 15.8. The lowest BCUT2D eigenvalue weighted by Crippen LogP contribution is -2.42. The van der Waals surface area contributed by atoms with Crippen molar-refractivity contribution in [1.29, 1.82) is 0 Å². The second-order valence-corrected chi connectivity index (χ2v) is 7.88. The Morgan fingerprint density at radius 3 is 2.81 bits per heavy atom. The summed E-state index contributed by atoms with van der Waals surface area (Å²) in [5, 5.41) is 1.06. The fourth-order valence-electron chi connectivity index (χ4n) is 3.58. The van der Waals surface area contributed by atoms with E-state index in [2.05, 4.69) is 6.07 Å². The van der Waals surface area contributed by atoms with Crippen molar-refractivity contribution < 1.29 is 14.3 Å². The Bertz CT molecular complexity index is 951. The van der Waals surface area contributed by atoms with Crippen molar-refractivity contribution in [3.8, 4) is 0 Å². The molecule has 1 amide bonds. The van der Waals surface area contributed by atoms with Crippen LogP contribution in [0.15, 0.2) is 48.5 Å². The van der Waals surface area contributed by atoms with E-state index in [0.29, 0.717) is 24.3 Å². The van der Waals surface area contributed by atoms with Gasteiger partial charge in [0, 0.05) is 24.9 Å². The number of ether oxygens (including phenoxy) is 1. The summed E-state index contributed by atoms with van der Waals surface area (Å²) < 4.78 is 6.87. The molecule has 0 bridgehead atoms. The van der Waals surface area contributed by atoms with Crippen LogP contribution in [0.1, 0.15) is 25.7 Å². The average molecular weight is 380 g/mol. The Morgan fingerprint density at radius 2 is 2.00 bits per heavy atom. The van der Waals surface area contributed by atoms with Gasteiger partial charge in [0.05, 0.1) is 40.0 Å². The molecule has 6 heteroatoms. The number of fused-ring (bicyclic) bond motifs is 1. The van der Waals surface area contributed by atoms with Gasteiger partial charge in [-0.2, -0.15) is 0 Å². The average Bonchev–Trinajstić information content (AvgIpc) is 3.33. The van der Waals surface area contributed by atoms with E-state index in [0.717, 1.165) is 23.2 Å². The monoisotopic (exact) mass is 380 g/mol. The molecule has 3 aromatic rings. The van der Waals surface area contributed by atoms with Crippen molar-refractivity contribution in [2.45, 2.75) is 12.5 Å². The Hall–Kier alpha value is -2.57. The van der Waals surface area contributed by atoms with Gasteiger partial charge in [0.25, 0.3) is 5.91 Å². The first kappa shape index (κ1) is 17.8. The molecule has 27 heavy (non-hydrogen) atoms. The van der Waals surface area contributed by atoms with E-state index in [1.807, 2.05) is 18.2 Å². The summed E-state index contributed by atoms with van der Waals surface area (Å²) in [5.74, 6) is 0.0328. The van der Waals surface area contributed by atoms with Gasteiger partial charge in [-0.3, -0.25) is 9.59 Å². The van der Waals surface area contributed by atoms with Gasteiger partial charge in [0.15, 0.2) is 6.29 Å². The molecule has 138 valence electrons. The van der Waals surface area contributed by atoms with Gasteiger partial charge >= 0.3 is 0 Å². The van der Waals surface area contributed by atoms with Crippen LogP contribution >= 0.6 is 11.3 Å². The summed E-state index contributed by atoms with van der Waals surface area (Å²) in [5.41, 5.74) is 1.86. The molecule has 0 aliphatic carbocycles. The predicted molar refractivity (Wildman–Crippen MR) is 105 cm³/mol. The summed E-state index contributed by atoms with van der Waals surface area (Å²) in [6.45, 7) is 1.11. The molecule has 0 radical (unpaired) electrons. The van der Waals surface area contributed by atoms with Crippen LogP contribution in [-0.4, -0.2) is 48.4 Å². The third-order valence-corrected chi connectivity index (χ3v) is 6.13. The van der Waals surface area contributed by atoms with Crippen molar-refractivity contribution in [2.75, 3.05) is 20.3 Å². The predicted octanol–water partition coefficient (Wildman–Crippen LogP) is 3.44. The quantitative estimate of drug-likeness (QED) is 0.636. The van der Waals surface area contributed by atoms with Gasteiger partial charge in [-0.05, 0) is 18.2 Å². The summed E-state index contributed by atoms with van der Waals surface area (Å²) in [7, 11) is 1.79. The number of nitrogens with zero attached hydrogens (tertiary/aromatic N) is 2. The molecule has 2 unspecified atom stereocenters. The summed E-state index contributed by atoms with van der Waals surface area (Å²) >= 11 is 1.69. The van der Waals surface area contributed by atoms with Crippen LogP contribution in [0.25, 0.3) is 10.2 Å². The third kappa shape index (κ3) is 3.50. The highest BCUT2D eigenvalue weighted by Gasteiger charge is 2.35. The van der Waals surface area contributed by atoms with Crippen LogP contribution in [0.2, 0.25) is 0 Å². The maximum atomic E-state index is 12.9. The number of likely N-dealkylation sites (N-methyl/N-ethyl adjacent to an activating group) is 1. The van der Waals surface area contributed by atoms with Gasteiger partial charge in [-0.25, -0.2) is 4.98 Å². The van der Waals surface area contributed by atoms with Crippen molar-refractivity contribution in [2.24, 2.45) is 5.92 Å². The zero-order valence-electron chi connectivity index (χ0n) is 15.0. The van der Waals surface area contributed by atoms with E-state index in [4.69, 9.17) is 9.72 Å². The molecule has 0 saturated carbocycles. The van der Waals surface area contributed by atoms with Gasteiger partial charge in [0.2, 0.25) is 0 Å². The van der Waals surface area contributed by atoms with Gasteiger partial charge in [-0.15, -0.1) is 11.3 Å². The highest BCUT2D eigenvalue weighted by Crippen LogP contribution is 2.28. The molecular formula is C21H20N2O3S. The second-order valence-electron chi connectivity index (χ2n) is 6.77. The van der Waals surface area contributed by atoms with Crippen LogP contribution in [0, 0.1) is 5.92 Å². The van der Waals surface area contributed by atoms with Crippen molar-refractivity contribution in [3.05, 3.63) is 64.7 Å². The van der Waals surface area contributed by atoms with Crippen molar-refractivity contribution in [1.82, 2.24) is 9.88 Å². The summed E-state index contributed by atoms with van der Waals surface area (Å²) in [6.07, 6.45) is 1.50. The molecule has 2 heterocycles. The fraction of sp³-hybridized carbons (Fsp3) is 0.286. The largest absolute Gasteiger partial charge is 0.379 e. The molecule has 1 saturated heterocycles. The van der Waals surface area contributed by atoms with E-state index in [1.165, 1.54) is 4.70 Å². The molecule has 1 aliphatic heterocycles. The molecular weight excluding hydrogens is 360 g/mol. The number of amides is 1. The molecule has 1 fully saturated rings. The number of carbonyl (C=O) groups excluding carboxylic acids is 2. The first-order valence-electron chi connectivity index (χ1n) is 8.91. The van der Waals surface area contributed by atoms with Gasteiger partial charge in [0.1, 0.15) is 0 Å². The smallest absolute Gasteiger partial charge is 0.254 e. The minimum absolute atomic E-state index is 0.0378. The van der Waals surface area contributed by atoms with Crippen LogP contribution in [0.5, 0.6) is 0 Å². The van der Waals surface area contributed by atoms with E-state index >= 15 is 0 Å². The van der Waals surface area contributed by atoms with Crippen LogP contribution in [-0.2, 0) is 11.2 Å². The number of aromatic nitrogens is 1. The number of para-hydroxylation sites is 1.